The lowest BCUT2D eigenvalue weighted by Gasteiger charge is -2.21. The van der Waals surface area contributed by atoms with Gasteiger partial charge in [-0.3, -0.25) is 4.79 Å². The van der Waals surface area contributed by atoms with Crippen molar-refractivity contribution in [3.8, 4) is 17.0 Å². The Hall–Kier alpha value is -2.68. The zero-order valence-electron chi connectivity index (χ0n) is 19.4. The van der Waals surface area contributed by atoms with E-state index in [1.807, 2.05) is 18.2 Å². The number of nitrogens with one attached hydrogen (secondary N) is 1. The molecule has 35 heavy (non-hydrogen) atoms. The van der Waals surface area contributed by atoms with Gasteiger partial charge >= 0.3 is 0 Å². The number of sulfonamides is 1. The van der Waals surface area contributed by atoms with Gasteiger partial charge in [0.2, 0.25) is 15.9 Å². The molecular formula is C25H25Cl2FN2O4S. The van der Waals surface area contributed by atoms with E-state index in [1.165, 1.54) is 12.3 Å². The fraction of sp³-hybridized carbons (Fsp3) is 0.280. The summed E-state index contributed by atoms with van der Waals surface area (Å²) in [6.45, 7) is 3.75. The molecule has 1 N–H and O–H groups in total. The molecule has 0 saturated carbocycles. The molecule has 6 nitrogen and oxygen atoms in total. The van der Waals surface area contributed by atoms with Gasteiger partial charge in [-0.05, 0) is 55.2 Å². The molecule has 1 heterocycles. The summed E-state index contributed by atoms with van der Waals surface area (Å²) >= 11 is 12.9. The molecule has 0 aliphatic heterocycles. The third-order valence-corrected chi connectivity index (χ3v) is 6.45. The largest absolute Gasteiger partial charge is 0.468 e. The van der Waals surface area contributed by atoms with Crippen molar-refractivity contribution in [2.75, 3.05) is 6.26 Å². The van der Waals surface area contributed by atoms with Crippen LogP contribution in [-0.4, -0.2) is 25.6 Å². The van der Waals surface area contributed by atoms with Crippen molar-refractivity contribution in [2.45, 2.75) is 39.2 Å². The topological polar surface area (TPSA) is 85.4 Å². The first-order valence-electron chi connectivity index (χ1n) is 10.9. The van der Waals surface area contributed by atoms with E-state index < -0.39 is 21.7 Å². The van der Waals surface area contributed by atoms with Crippen molar-refractivity contribution >= 4 is 39.1 Å². The number of hydrogen-bond donors (Lipinski definition) is 1. The second-order valence-electron chi connectivity index (χ2n) is 8.13. The molecule has 1 atom stereocenters. The van der Waals surface area contributed by atoms with Gasteiger partial charge in [-0.15, -0.1) is 0 Å². The minimum Gasteiger partial charge on any atom is -0.468 e. The molecule has 2 aromatic carbocycles. The molecule has 0 fully saturated rings. The van der Waals surface area contributed by atoms with E-state index in [4.69, 9.17) is 27.9 Å². The molecule has 1 aromatic heterocycles. The van der Waals surface area contributed by atoms with Gasteiger partial charge in [0.05, 0.1) is 11.8 Å². The molecule has 0 aliphatic carbocycles. The van der Waals surface area contributed by atoms with Crippen molar-refractivity contribution in [1.29, 1.82) is 0 Å². The molecule has 0 spiro atoms. The Morgan fingerprint density at radius 1 is 1.17 bits per heavy atom. The molecule has 0 saturated heterocycles. The van der Waals surface area contributed by atoms with E-state index in [1.54, 1.807) is 23.8 Å². The highest BCUT2D eigenvalue weighted by atomic mass is 35.5. The van der Waals surface area contributed by atoms with Crippen LogP contribution < -0.4 is 9.46 Å². The lowest BCUT2D eigenvalue weighted by Crippen LogP contribution is -2.30. The Labute approximate surface area is 214 Å². The smallest absolute Gasteiger partial charge is 0.267 e. The summed E-state index contributed by atoms with van der Waals surface area (Å²) in [5.41, 5.74) is 1.96. The number of unbranched alkanes of at least 4 members (excludes halogenated alkanes) is 1. The maximum atomic E-state index is 14.7. The number of amides is 1. The maximum Gasteiger partial charge on any atom is 0.267 e. The molecule has 1 amide bonds. The van der Waals surface area contributed by atoms with Crippen molar-refractivity contribution in [3.63, 3.8) is 0 Å². The highest BCUT2D eigenvalue weighted by Gasteiger charge is 2.21. The van der Waals surface area contributed by atoms with Gasteiger partial charge in [0, 0.05) is 22.3 Å². The molecule has 0 radical (unpaired) electrons. The van der Waals surface area contributed by atoms with Crippen LogP contribution in [0.4, 0.5) is 4.39 Å². The van der Waals surface area contributed by atoms with E-state index in [0.717, 1.165) is 37.1 Å². The number of aryl methyl sites for hydroxylation is 1. The van der Waals surface area contributed by atoms with Crippen LogP contribution in [0.5, 0.6) is 5.88 Å². The fourth-order valence-electron chi connectivity index (χ4n) is 3.59. The van der Waals surface area contributed by atoms with Crippen LogP contribution >= 0.6 is 23.2 Å². The number of aromatic nitrogens is 1. The zero-order chi connectivity index (χ0) is 25.8. The number of benzene rings is 2. The van der Waals surface area contributed by atoms with Crippen LogP contribution in [0.3, 0.4) is 0 Å². The summed E-state index contributed by atoms with van der Waals surface area (Å²) in [5.74, 6) is -1.70. The van der Waals surface area contributed by atoms with E-state index in [2.05, 4.69) is 11.9 Å². The predicted molar refractivity (Wildman–Crippen MR) is 136 cm³/mol. The van der Waals surface area contributed by atoms with Gasteiger partial charge in [0.1, 0.15) is 16.9 Å². The summed E-state index contributed by atoms with van der Waals surface area (Å²) in [6.07, 6.45) is 4.60. The summed E-state index contributed by atoms with van der Waals surface area (Å²) in [6, 6.07) is 11.5. The standard InChI is InChI=1S/C25H25Cl2FN2O4S/c1-4-5-10-23(17-8-6-7-9-20(17)26)34-25-21(27)12-16(14-29-25)18-13-22(28)19(11-15(18)2)24(31)30-35(3,32)33/h6-9,11-14,23H,4-5,10H2,1-3H3,(H,30,31)/t23-/m0/s1. The number of halogens is 3. The first kappa shape index (κ1) is 26.9. The molecule has 0 unspecified atom stereocenters. The average molecular weight is 539 g/mol. The average Bonchev–Trinajstić information content (AvgIpc) is 2.78. The molecule has 0 aliphatic rings. The molecule has 186 valence electrons. The lowest BCUT2D eigenvalue weighted by atomic mass is 9.99. The number of hydrogen-bond acceptors (Lipinski definition) is 5. The summed E-state index contributed by atoms with van der Waals surface area (Å²) in [5, 5.41) is 0.821. The Bertz CT molecular complexity index is 1350. The third kappa shape index (κ3) is 6.93. The van der Waals surface area contributed by atoms with Crippen LogP contribution in [0.1, 0.15) is 53.8 Å². The number of carbonyl (C=O) groups excluding carboxylic acids is 1. The summed E-state index contributed by atoms with van der Waals surface area (Å²) < 4.78 is 45.2. The number of rotatable bonds is 9. The van der Waals surface area contributed by atoms with Crippen LogP contribution in [0.15, 0.2) is 48.7 Å². The van der Waals surface area contributed by atoms with Crippen LogP contribution in [-0.2, 0) is 10.0 Å². The second kappa shape index (κ2) is 11.4. The molecule has 0 bridgehead atoms. The van der Waals surface area contributed by atoms with E-state index in [9.17, 15) is 17.6 Å². The zero-order valence-corrected chi connectivity index (χ0v) is 21.8. The Balaban J connectivity index is 1.90. The number of nitrogens with zero attached hydrogens (tertiary/aromatic N) is 1. The lowest BCUT2D eigenvalue weighted by molar-refractivity contribution is 0.0977. The quantitative estimate of drug-likeness (QED) is 0.336. The second-order valence-corrected chi connectivity index (χ2v) is 10.7. The first-order chi connectivity index (χ1) is 16.5. The van der Waals surface area contributed by atoms with Gasteiger partial charge in [-0.2, -0.15) is 0 Å². The summed E-state index contributed by atoms with van der Waals surface area (Å²) in [7, 11) is -3.83. The Kier molecular flexibility index (Phi) is 8.74. The van der Waals surface area contributed by atoms with Crippen molar-refractivity contribution in [2.24, 2.45) is 0 Å². The third-order valence-electron chi connectivity index (χ3n) is 5.28. The predicted octanol–water partition coefficient (Wildman–Crippen LogP) is 6.50. The molecule has 3 rings (SSSR count). The molecule has 3 aromatic rings. The van der Waals surface area contributed by atoms with E-state index in [0.29, 0.717) is 21.7 Å². The monoisotopic (exact) mass is 538 g/mol. The number of carbonyl (C=O) groups is 1. The van der Waals surface area contributed by atoms with Crippen LogP contribution in [0, 0.1) is 12.7 Å². The Morgan fingerprint density at radius 3 is 2.51 bits per heavy atom. The normalized spacial score (nSPS) is 12.3. The molecular weight excluding hydrogens is 514 g/mol. The van der Waals surface area contributed by atoms with Crippen LogP contribution in [0.2, 0.25) is 10.0 Å². The van der Waals surface area contributed by atoms with Crippen molar-refractivity contribution < 1.29 is 22.3 Å². The highest BCUT2D eigenvalue weighted by molar-refractivity contribution is 7.89. The van der Waals surface area contributed by atoms with Gasteiger partial charge in [0.25, 0.3) is 5.91 Å². The van der Waals surface area contributed by atoms with Crippen LogP contribution in [0.25, 0.3) is 11.1 Å². The first-order valence-corrected chi connectivity index (χ1v) is 13.5. The van der Waals surface area contributed by atoms with Crippen molar-refractivity contribution in [3.05, 3.63) is 81.2 Å². The maximum absolute atomic E-state index is 14.7. The number of ether oxygens (including phenoxy) is 1. The number of pyridine rings is 1. The highest BCUT2D eigenvalue weighted by Crippen LogP contribution is 2.36. The van der Waals surface area contributed by atoms with Gasteiger partial charge in [-0.25, -0.2) is 22.5 Å². The van der Waals surface area contributed by atoms with Crippen molar-refractivity contribution in [1.82, 2.24) is 9.71 Å². The minimum absolute atomic E-state index is 0.221. The minimum atomic E-state index is -3.83. The van der Waals surface area contributed by atoms with Gasteiger partial charge in [-0.1, -0.05) is 54.7 Å². The van der Waals surface area contributed by atoms with E-state index >= 15 is 0 Å². The fourth-order valence-corrected chi connectivity index (χ4v) is 4.50. The van der Waals surface area contributed by atoms with Gasteiger partial charge < -0.3 is 4.74 Å². The summed E-state index contributed by atoms with van der Waals surface area (Å²) in [4.78, 5) is 16.5. The molecule has 10 heteroatoms. The van der Waals surface area contributed by atoms with E-state index in [-0.39, 0.29) is 22.6 Å². The SMILES string of the molecule is CCCC[C@H](Oc1ncc(-c2cc(F)c(C(=O)NS(C)(=O)=O)cc2C)cc1Cl)c1ccccc1Cl. The van der Waals surface area contributed by atoms with Gasteiger partial charge in [0.15, 0.2) is 0 Å². The Morgan fingerprint density at radius 2 is 1.89 bits per heavy atom.